The summed E-state index contributed by atoms with van der Waals surface area (Å²) in [5, 5.41) is 4.07. The summed E-state index contributed by atoms with van der Waals surface area (Å²) in [6.07, 6.45) is 1.03. The van der Waals surface area contributed by atoms with Crippen molar-refractivity contribution in [2.75, 3.05) is 32.7 Å². The molecule has 0 radical (unpaired) electrons. The number of hydrogen-bond donors (Lipinski definition) is 4. The number of fused-ring (bicyclic) bond motifs is 1. The summed E-state index contributed by atoms with van der Waals surface area (Å²) < 4.78 is 0. The molecule has 1 aliphatic rings. The second kappa shape index (κ2) is 8.67. The fraction of sp³-hybridized carbons (Fsp3) is 0.565. The standard InChI is InChI=1S/C23H34N4O2/c1-16-21(18-9-6-7-10-19(18)24-16)22(29)17(2)27-12-8-11-26(13-14-27)15-20(28)25-23(3,4)5/h6-7,9-10,17,24H,8,11-15H2,1-5H3,(H,25,28)/p+2/t17-/m0/s1. The lowest BCUT2D eigenvalue weighted by atomic mass is 10.0. The molecule has 3 rings (SSSR count). The van der Waals surface area contributed by atoms with E-state index in [9.17, 15) is 9.59 Å². The molecule has 2 aromatic rings. The second-order valence-electron chi connectivity index (χ2n) is 9.49. The average Bonchev–Trinajstić information content (AvgIpc) is 2.80. The van der Waals surface area contributed by atoms with Gasteiger partial charge in [0.25, 0.3) is 5.91 Å². The molecule has 1 fully saturated rings. The Hall–Kier alpha value is -2.18. The lowest BCUT2D eigenvalue weighted by molar-refractivity contribution is -0.942. The molecular weight excluding hydrogens is 364 g/mol. The topological polar surface area (TPSA) is 70.8 Å². The Morgan fingerprint density at radius 1 is 1.14 bits per heavy atom. The number of H-pyrrole nitrogens is 1. The molecule has 0 spiro atoms. The first-order valence-corrected chi connectivity index (χ1v) is 10.8. The zero-order chi connectivity index (χ0) is 21.2. The predicted molar refractivity (Wildman–Crippen MR) is 116 cm³/mol. The van der Waals surface area contributed by atoms with Gasteiger partial charge in [-0.05, 0) is 40.7 Å². The molecule has 1 aromatic heterocycles. The molecule has 1 amide bonds. The van der Waals surface area contributed by atoms with Crippen molar-refractivity contribution in [2.45, 2.75) is 52.6 Å². The van der Waals surface area contributed by atoms with Gasteiger partial charge >= 0.3 is 0 Å². The minimum atomic E-state index is -0.197. The third kappa shape index (κ3) is 5.25. The van der Waals surface area contributed by atoms with Crippen LogP contribution in [0.15, 0.2) is 24.3 Å². The molecule has 0 aliphatic carbocycles. The molecule has 6 nitrogen and oxygen atoms in total. The third-order valence-corrected chi connectivity index (χ3v) is 5.90. The molecule has 29 heavy (non-hydrogen) atoms. The van der Waals surface area contributed by atoms with Gasteiger partial charge in [0, 0.05) is 28.6 Å². The summed E-state index contributed by atoms with van der Waals surface area (Å²) >= 11 is 0. The van der Waals surface area contributed by atoms with Crippen LogP contribution in [0.1, 0.15) is 50.2 Å². The van der Waals surface area contributed by atoms with Crippen LogP contribution < -0.4 is 15.1 Å². The first kappa shape index (κ1) is 21.5. The quantitative estimate of drug-likeness (QED) is 0.539. The highest BCUT2D eigenvalue weighted by atomic mass is 16.2. The van der Waals surface area contributed by atoms with E-state index in [0.717, 1.165) is 54.8 Å². The number of carbonyl (C=O) groups excluding carboxylic acids is 2. The fourth-order valence-electron chi connectivity index (χ4n) is 4.45. The van der Waals surface area contributed by atoms with Crippen molar-refractivity contribution in [1.82, 2.24) is 10.3 Å². The molecule has 2 heterocycles. The van der Waals surface area contributed by atoms with Crippen molar-refractivity contribution in [3.63, 3.8) is 0 Å². The van der Waals surface area contributed by atoms with E-state index in [1.165, 1.54) is 9.80 Å². The molecule has 2 unspecified atom stereocenters. The summed E-state index contributed by atoms with van der Waals surface area (Å²) in [5.74, 6) is 0.318. The number of rotatable bonds is 5. The van der Waals surface area contributed by atoms with Crippen LogP contribution in [-0.2, 0) is 4.79 Å². The van der Waals surface area contributed by atoms with Gasteiger partial charge < -0.3 is 20.1 Å². The molecule has 6 heteroatoms. The summed E-state index contributed by atoms with van der Waals surface area (Å²) in [6.45, 7) is 14.3. The zero-order valence-corrected chi connectivity index (χ0v) is 18.4. The summed E-state index contributed by atoms with van der Waals surface area (Å²) in [6, 6.07) is 7.93. The van der Waals surface area contributed by atoms with Gasteiger partial charge in [0.2, 0.25) is 5.78 Å². The smallest absolute Gasteiger partial charge is 0.275 e. The summed E-state index contributed by atoms with van der Waals surface area (Å²) in [7, 11) is 0. The van der Waals surface area contributed by atoms with Crippen LogP contribution in [0.4, 0.5) is 0 Å². The molecular formula is C23H36N4O2+2. The first-order valence-electron chi connectivity index (χ1n) is 10.8. The zero-order valence-electron chi connectivity index (χ0n) is 18.4. The summed E-state index contributed by atoms with van der Waals surface area (Å²) in [4.78, 5) is 31.6. The van der Waals surface area contributed by atoms with Crippen LogP contribution in [0.25, 0.3) is 10.9 Å². The van der Waals surface area contributed by atoms with E-state index in [1.807, 2.05) is 52.0 Å². The number of carbonyl (C=O) groups is 2. The first-order chi connectivity index (χ1) is 13.7. The normalized spacial score (nSPS) is 21.6. The van der Waals surface area contributed by atoms with Crippen LogP contribution in [0, 0.1) is 6.92 Å². The van der Waals surface area contributed by atoms with Gasteiger partial charge in [-0.25, -0.2) is 0 Å². The van der Waals surface area contributed by atoms with Crippen molar-refractivity contribution < 1.29 is 19.4 Å². The monoisotopic (exact) mass is 400 g/mol. The maximum atomic E-state index is 13.4. The van der Waals surface area contributed by atoms with E-state index in [-0.39, 0.29) is 23.3 Å². The van der Waals surface area contributed by atoms with Gasteiger partial charge in [0.15, 0.2) is 6.54 Å². The Morgan fingerprint density at radius 3 is 2.59 bits per heavy atom. The van der Waals surface area contributed by atoms with Crippen LogP contribution in [-0.4, -0.2) is 61.0 Å². The minimum Gasteiger partial charge on any atom is -0.358 e. The number of aromatic nitrogens is 1. The van der Waals surface area contributed by atoms with Crippen molar-refractivity contribution in [1.29, 1.82) is 0 Å². The van der Waals surface area contributed by atoms with Gasteiger partial charge in [0.1, 0.15) is 19.1 Å². The van der Waals surface area contributed by atoms with Gasteiger partial charge in [0.05, 0.1) is 18.7 Å². The van der Waals surface area contributed by atoms with Gasteiger partial charge in [-0.3, -0.25) is 9.59 Å². The lowest BCUT2D eigenvalue weighted by Gasteiger charge is -2.24. The van der Waals surface area contributed by atoms with E-state index in [4.69, 9.17) is 0 Å². The molecule has 1 saturated heterocycles. The number of aryl methyl sites for hydroxylation is 1. The largest absolute Gasteiger partial charge is 0.358 e. The number of nitrogens with one attached hydrogen (secondary N) is 4. The fourth-order valence-corrected chi connectivity index (χ4v) is 4.45. The van der Waals surface area contributed by atoms with Crippen molar-refractivity contribution >= 4 is 22.6 Å². The van der Waals surface area contributed by atoms with Crippen LogP contribution in [0.3, 0.4) is 0 Å². The van der Waals surface area contributed by atoms with Crippen molar-refractivity contribution in [3.8, 4) is 0 Å². The molecule has 3 atom stereocenters. The molecule has 158 valence electrons. The Balaban J connectivity index is 1.64. The average molecular weight is 401 g/mol. The summed E-state index contributed by atoms with van der Waals surface area (Å²) in [5.41, 5.74) is 2.60. The van der Waals surface area contributed by atoms with Crippen LogP contribution in [0.2, 0.25) is 0 Å². The second-order valence-corrected chi connectivity index (χ2v) is 9.49. The van der Waals surface area contributed by atoms with Gasteiger partial charge in [-0.1, -0.05) is 18.2 Å². The van der Waals surface area contributed by atoms with Crippen LogP contribution >= 0.6 is 0 Å². The van der Waals surface area contributed by atoms with Gasteiger partial charge in [-0.15, -0.1) is 0 Å². The number of benzene rings is 1. The van der Waals surface area contributed by atoms with Crippen molar-refractivity contribution in [2.24, 2.45) is 0 Å². The maximum absolute atomic E-state index is 13.4. The van der Waals surface area contributed by atoms with Crippen LogP contribution in [0.5, 0.6) is 0 Å². The van der Waals surface area contributed by atoms with E-state index in [0.29, 0.717) is 6.54 Å². The number of ketones is 1. The maximum Gasteiger partial charge on any atom is 0.275 e. The Morgan fingerprint density at radius 2 is 1.86 bits per heavy atom. The molecule has 4 N–H and O–H groups in total. The number of hydrogen-bond acceptors (Lipinski definition) is 2. The molecule has 0 saturated carbocycles. The van der Waals surface area contributed by atoms with E-state index >= 15 is 0 Å². The number of quaternary nitrogens is 2. The van der Waals surface area contributed by atoms with Gasteiger partial charge in [-0.2, -0.15) is 0 Å². The highest BCUT2D eigenvalue weighted by molar-refractivity contribution is 6.10. The highest BCUT2D eigenvalue weighted by Gasteiger charge is 2.32. The molecule has 1 aromatic carbocycles. The number of aromatic amines is 1. The van der Waals surface area contributed by atoms with E-state index in [1.54, 1.807) is 0 Å². The number of Topliss-reactive ketones (excluding diaryl/α,β-unsaturated/α-hetero) is 1. The van der Waals surface area contributed by atoms with E-state index in [2.05, 4.69) is 17.2 Å². The SMILES string of the molecule is Cc1[nH]c2ccccc2c1C(=O)[C@H](C)[NH+]1CCC[NH+](CC(=O)NC(C)(C)C)CC1. The Labute approximate surface area is 173 Å². The Bertz CT molecular complexity index is 881. The lowest BCUT2D eigenvalue weighted by Crippen LogP contribution is -3.20. The highest BCUT2D eigenvalue weighted by Crippen LogP contribution is 2.22. The minimum absolute atomic E-state index is 0.0874. The molecule has 0 bridgehead atoms. The number of amides is 1. The predicted octanol–water partition coefficient (Wildman–Crippen LogP) is 0.136. The molecule has 1 aliphatic heterocycles. The Kier molecular flexibility index (Phi) is 6.44. The van der Waals surface area contributed by atoms with E-state index < -0.39 is 0 Å². The van der Waals surface area contributed by atoms with Crippen molar-refractivity contribution in [3.05, 3.63) is 35.5 Å². The third-order valence-electron chi connectivity index (χ3n) is 5.90. The number of para-hydroxylation sites is 1.